The van der Waals surface area contributed by atoms with Gasteiger partial charge in [0.25, 0.3) is 0 Å². The number of carbonyl (C=O) groups excluding carboxylic acids is 1. The largest absolute Gasteiger partial charge is 0.365 e. The minimum absolute atomic E-state index is 0.00296. The maximum Gasteiger partial charge on any atom is 0.189 e. The Labute approximate surface area is 76.1 Å². The Hall–Kier alpha value is -0.890. The second kappa shape index (κ2) is 3.46. The summed E-state index contributed by atoms with van der Waals surface area (Å²) in [4.78, 5) is 11.1. The summed E-state index contributed by atoms with van der Waals surface area (Å²) in [6, 6.07) is 0. The van der Waals surface area contributed by atoms with Crippen LogP contribution in [0.3, 0.4) is 0 Å². The molecule has 2 rings (SSSR count). The highest BCUT2D eigenvalue weighted by molar-refractivity contribution is 5.87. The Morgan fingerprint density at radius 3 is 3.23 bits per heavy atom. The molecule has 0 amide bonds. The smallest absolute Gasteiger partial charge is 0.189 e. The van der Waals surface area contributed by atoms with Crippen molar-refractivity contribution in [3.63, 3.8) is 0 Å². The molecule has 2 aliphatic heterocycles. The highest BCUT2D eigenvalue weighted by atomic mass is 16.6. The normalized spacial score (nSPS) is 37.5. The lowest BCUT2D eigenvalue weighted by Gasteiger charge is -2.13. The lowest BCUT2D eigenvalue weighted by Crippen LogP contribution is -2.31. The zero-order chi connectivity index (χ0) is 9.26. The number of rotatable bonds is 2. The highest BCUT2D eigenvalue weighted by Gasteiger charge is 2.47. The van der Waals surface area contributed by atoms with Crippen LogP contribution in [0.2, 0.25) is 0 Å². The second-order valence-electron chi connectivity index (χ2n) is 3.05. The van der Waals surface area contributed by atoms with Crippen molar-refractivity contribution < 1.29 is 19.0 Å². The standard InChI is InChI=1S/C9H10O4/c1-2-3-11-7-5-13-8-6(10)4-12-9(7)8/h1,7-9H,3-5H2/t7-,8+,9+/m1/s1. The van der Waals surface area contributed by atoms with Gasteiger partial charge >= 0.3 is 0 Å². The molecule has 0 saturated carbocycles. The number of carbonyl (C=O) groups is 1. The van der Waals surface area contributed by atoms with E-state index < -0.39 is 6.10 Å². The van der Waals surface area contributed by atoms with E-state index in [0.717, 1.165) is 0 Å². The first-order valence-corrected chi connectivity index (χ1v) is 4.14. The number of ether oxygens (including phenoxy) is 3. The average molecular weight is 182 g/mol. The van der Waals surface area contributed by atoms with Crippen molar-refractivity contribution in [2.24, 2.45) is 0 Å². The first-order chi connectivity index (χ1) is 6.33. The van der Waals surface area contributed by atoms with E-state index >= 15 is 0 Å². The molecule has 0 bridgehead atoms. The zero-order valence-corrected chi connectivity index (χ0v) is 7.06. The van der Waals surface area contributed by atoms with Gasteiger partial charge in [-0.2, -0.15) is 0 Å². The van der Waals surface area contributed by atoms with Crippen LogP contribution in [0.1, 0.15) is 0 Å². The monoisotopic (exact) mass is 182 g/mol. The van der Waals surface area contributed by atoms with Crippen molar-refractivity contribution in [1.82, 2.24) is 0 Å². The third-order valence-electron chi connectivity index (χ3n) is 2.22. The van der Waals surface area contributed by atoms with Crippen LogP contribution in [0.5, 0.6) is 0 Å². The second-order valence-corrected chi connectivity index (χ2v) is 3.05. The molecular weight excluding hydrogens is 172 g/mol. The number of terminal acetylenes is 1. The molecule has 0 spiro atoms. The topological polar surface area (TPSA) is 44.8 Å². The molecule has 0 aromatic heterocycles. The van der Waals surface area contributed by atoms with E-state index in [9.17, 15) is 4.79 Å². The van der Waals surface area contributed by atoms with Crippen LogP contribution in [-0.2, 0) is 19.0 Å². The van der Waals surface area contributed by atoms with Crippen LogP contribution < -0.4 is 0 Å². The lowest BCUT2D eigenvalue weighted by atomic mass is 10.1. The van der Waals surface area contributed by atoms with E-state index in [4.69, 9.17) is 20.6 Å². The van der Waals surface area contributed by atoms with Gasteiger partial charge in [-0.25, -0.2) is 0 Å². The van der Waals surface area contributed by atoms with Crippen molar-refractivity contribution >= 4 is 5.78 Å². The Kier molecular flexibility index (Phi) is 2.32. The summed E-state index contributed by atoms with van der Waals surface area (Å²) in [5.41, 5.74) is 0. The molecule has 2 fully saturated rings. The van der Waals surface area contributed by atoms with Gasteiger partial charge in [-0.1, -0.05) is 5.92 Å². The molecule has 0 N–H and O–H groups in total. The summed E-state index contributed by atoms with van der Waals surface area (Å²) in [6.45, 7) is 0.753. The predicted octanol–water partition coefficient (Wildman–Crippen LogP) is -0.629. The molecule has 4 nitrogen and oxygen atoms in total. The SMILES string of the molecule is C#CCO[C@@H]1CO[C@H]2C(=O)CO[C@@H]12. The van der Waals surface area contributed by atoms with Crippen molar-refractivity contribution in [2.75, 3.05) is 19.8 Å². The van der Waals surface area contributed by atoms with Crippen molar-refractivity contribution in [1.29, 1.82) is 0 Å². The quantitative estimate of drug-likeness (QED) is 0.533. The van der Waals surface area contributed by atoms with E-state index in [2.05, 4.69) is 5.92 Å². The van der Waals surface area contributed by atoms with E-state index in [1.807, 2.05) is 0 Å². The molecule has 0 aromatic carbocycles. The van der Waals surface area contributed by atoms with Crippen molar-refractivity contribution in [2.45, 2.75) is 18.3 Å². The molecule has 0 aliphatic carbocycles. The van der Waals surface area contributed by atoms with Crippen LogP contribution >= 0.6 is 0 Å². The number of Topliss-reactive ketones (excluding diaryl/α,β-unsaturated/α-hetero) is 1. The fourth-order valence-electron chi connectivity index (χ4n) is 1.61. The number of fused-ring (bicyclic) bond motifs is 1. The van der Waals surface area contributed by atoms with E-state index in [-0.39, 0.29) is 31.2 Å². The Balaban J connectivity index is 1.95. The van der Waals surface area contributed by atoms with Crippen LogP contribution in [0, 0.1) is 12.3 Å². The van der Waals surface area contributed by atoms with Gasteiger partial charge in [0, 0.05) is 0 Å². The molecule has 2 aliphatic rings. The number of hydrogen-bond acceptors (Lipinski definition) is 4. The molecule has 2 saturated heterocycles. The Morgan fingerprint density at radius 1 is 1.62 bits per heavy atom. The maximum absolute atomic E-state index is 11.1. The van der Waals surface area contributed by atoms with E-state index in [1.54, 1.807) is 0 Å². The summed E-state index contributed by atoms with van der Waals surface area (Å²) in [5, 5.41) is 0. The third-order valence-corrected chi connectivity index (χ3v) is 2.22. The molecule has 70 valence electrons. The molecule has 0 unspecified atom stereocenters. The fraction of sp³-hybridized carbons (Fsp3) is 0.667. The van der Waals surface area contributed by atoms with Gasteiger partial charge in [0.15, 0.2) is 5.78 Å². The van der Waals surface area contributed by atoms with Gasteiger partial charge in [-0.05, 0) is 0 Å². The highest BCUT2D eigenvalue weighted by Crippen LogP contribution is 2.25. The molecular formula is C9H10O4. The summed E-state index contributed by atoms with van der Waals surface area (Å²) >= 11 is 0. The molecule has 13 heavy (non-hydrogen) atoms. The Bertz CT molecular complexity index is 255. The van der Waals surface area contributed by atoms with Gasteiger partial charge in [0.05, 0.1) is 6.61 Å². The molecule has 0 radical (unpaired) electrons. The van der Waals surface area contributed by atoms with Gasteiger partial charge < -0.3 is 14.2 Å². The van der Waals surface area contributed by atoms with Crippen LogP contribution in [0.25, 0.3) is 0 Å². The number of hydrogen-bond donors (Lipinski definition) is 0. The lowest BCUT2D eigenvalue weighted by molar-refractivity contribution is -0.125. The first kappa shape index (κ1) is 8.70. The molecule has 2 heterocycles. The summed E-state index contributed by atoms with van der Waals surface area (Å²) < 4.78 is 15.7. The van der Waals surface area contributed by atoms with Gasteiger partial charge in [0.1, 0.15) is 31.5 Å². The summed E-state index contributed by atoms with van der Waals surface area (Å²) in [6.07, 6.45) is 4.18. The van der Waals surface area contributed by atoms with Gasteiger partial charge in [-0.15, -0.1) is 6.42 Å². The molecule has 0 aromatic rings. The van der Waals surface area contributed by atoms with Crippen LogP contribution in [0.15, 0.2) is 0 Å². The van der Waals surface area contributed by atoms with Gasteiger partial charge in [0.2, 0.25) is 0 Å². The molecule has 3 atom stereocenters. The van der Waals surface area contributed by atoms with E-state index in [1.165, 1.54) is 0 Å². The van der Waals surface area contributed by atoms with Crippen LogP contribution in [-0.4, -0.2) is 43.9 Å². The van der Waals surface area contributed by atoms with E-state index in [0.29, 0.717) is 6.61 Å². The average Bonchev–Trinajstić information content (AvgIpc) is 2.67. The maximum atomic E-state index is 11.1. The van der Waals surface area contributed by atoms with Gasteiger partial charge in [-0.3, -0.25) is 4.79 Å². The molecule has 4 heteroatoms. The predicted molar refractivity (Wildman–Crippen MR) is 43.1 cm³/mol. The van der Waals surface area contributed by atoms with Crippen LogP contribution in [0.4, 0.5) is 0 Å². The first-order valence-electron chi connectivity index (χ1n) is 4.14. The third kappa shape index (κ3) is 1.46. The van der Waals surface area contributed by atoms with Crippen molar-refractivity contribution in [3.05, 3.63) is 0 Å². The summed E-state index contributed by atoms with van der Waals surface area (Å²) in [7, 11) is 0. The fourth-order valence-corrected chi connectivity index (χ4v) is 1.61. The minimum atomic E-state index is -0.428. The Morgan fingerprint density at radius 2 is 2.46 bits per heavy atom. The minimum Gasteiger partial charge on any atom is -0.365 e. The zero-order valence-electron chi connectivity index (χ0n) is 7.06. The van der Waals surface area contributed by atoms with Crippen molar-refractivity contribution in [3.8, 4) is 12.3 Å². The summed E-state index contributed by atoms with van der Waals surface area (Å²) in [5.74, 6) is 2.36. The number of ketones is 1.